The lowest BCUT2D eigenvalue weighted by molar-refractivity contribution is -0.143. The maximum Gasteiger partial charge on any atom is 0.416 e. The van der Waals surface area contributed by atoms with Gasteiger partial charge < -0.3 is 19.6 Å². The Labute approximate surface area is 298 Å². The number of ether oxygens (including phenoxy) is 1. The van der Waals surface area contributed by atoms with Gasteiger partial charge >= 0.3 is 24.4 Å². The van der Waals surface area contributed by atoms with Gasteiger partial charge in [0.15, 0.2) is 0 Å². The van der Waals surface area contributed by atoms with Gasteiger partial charge in [-0.25, -0.2) is 14.8 Å². The molecule has 1 N–H and O–H groups in total. The Balaban J connectivity index is 1.40. The molecule has 16 heteroatoms. The van der Waals surface area contributed by atoms with E-state index in [0.29, 0.717) is 31.2 Å². The highest BCUT2D eigenvalue weighted by molar-refractivity contribution is 5.69. The number of carbonyl (C=O) groups is 2. The SMILES string of the molecule is CC[C@@H]1C[C@H](N(Cc2cc(C(F)(F)F)cc(C(F)(F)F)c2)c2ncc(-c3cnn(C)c3)cn2)C[C@H](CC)N1C(=O)OC[C@H]1CC[C@H](CC(=O)O)CC1. The average molecular weight is 739 g/mol. The van der Waals surface area contributed by atoms with Crippen molar-refractivity contribution in [2.24, 2.45) is 18.9 Å². The Morgan fingerprint density at radius 2 is 1.42 bits per heavy atom. The summed E-state index contributed by atoms with van der Waals surface area (Å²) in [5.41, 5.74) is -1.67. The Morgan fingerprint density at radius 1 is 0.865 bits per heavy atom. The summed E-state index contributed by atoms with van der Waals surface area (Å²) in [6.45, 7) is 3.70. The highest BCUT2D eigenvalue weighted by atomic mass is 19.4. The maximum absolute atomic E-state index is 13.8. The van der Waals surface area contributed by atoms with Crippen LogP contribution < -0.4 is 4.90 Å². The zero-order valence-electron chi connectivity index (χ0n) is 29.3. The lowest BCUT2D eigenvalue weighted by Crippen LogP contribution is -2.57. The lowest BCUT2D eigenvalue weighted by Gasteiger charge is -2.47. The Morgan fingerprint density at radius 3 is 1.90 bits per heavy atom. The topological polar surface area (TPSA) is 114 Å². The number of halogens is 6. The van der Waals surface area contributed by atoms with Crippen molar-refractivity contribution in [3.05, 3.63) is 59.7 Å². The molecule has 1 saturated heterocycles. The van der Waals surface area contributed by atoms with Crippen molar-refractivity contribution in [2.75, 3.05) is 11.5 Å². The number of rotatable bonds is 11. The second kappa shape index (κ2) is 16.1. The van der Waals surface area contributed by atoms with E-state index in [1.807, 2.05) is 13.8 Å². The summed E-state index contributed by atoms with van der Waals surface area (Å²) in [4.78, 5) is 37.2. The number of hydrogen-bond donors (Lipinski definition) is 1. The van der Waals surface area contributed by atoms with E-state index in [9.17, 15) is 35.9 Å². The van der Waals surface area contributed by atoms with E-state index in [2.05, 4.69) is 15.1 Å². The molecule has 0 unspecified atom stereocenters. The summed E-state index contributed by atoms with van der Waals surface area (Å²) in [7, 11) is 1.75. The molecule has 1 amide bonds. The molecule has 2 fully saturated rings. The van der Waals surface area contributed by atoms with Crippen LogP contribution in [0.4, 0.5) is 37.1 Å². The average Bonchev–Trinajstić information content (AvgIpc) is 3.54. The van der Waals surface area contributed by atoms with Gasteiger partial charge in [0.25, 0.3) is 0 Å². The number of nitrogens with zero attached hydrogens (tertiary/aromatic N) is 6. The zero-order chi connectivity index (χ0) is 37.8. The zero-order valence-corrected chi connectivity index (χ0v) is 29.3. The number of carboxylic acids is 1. The van der Waals surface area contributed by atoms with E-state index in [1.165, 1.54) is 12.4 Å². The van der Waals surface area contributed by atoms with Crippen LogP contribution in [0.2, 0.25) is 0 Å². The molecule has 0 spiro atoms. The molecule has 10 nitrogen and oxygen atoms in total. The fraction of sp³-hybridized carbons (Fsp3) is 0.583. The summed E-state index contributed by atoms with van der Waals surface area (Å²) < 4.78 is 90.4. The molecule has 1 saturated carbocycles. The Hall–Kier alpha value is -4.37. The molecule has 3 heterocycles. The maximum atomic E-state index is 13.8. The van der Waals surface area contributed by atoms with E-state index >= 15 is 0 Å². The van der Waals surface area contributed by atoms with E-state index in [-0.39, 0.29) is 61.1 Å². The number of piperidine rings is 1. The van der Waals surface area contributed by atoms with E-state index in [0.717, 1.165) is 43.4 Å². The largest absolute Gasteiger partial charge is 0.481 e. The standard InChI is InChI=1S/C36H44F6N6O4/c1-4-29-14-31(15-30(5-2)48(29)34(51)52-21-23-8-6-22(7-9-23)12-32(49)50)47(33-43-16-25(17-44-33)26-18-45-46(3)20-26)19-24-10-27(35(37,38)39)13-28(11-24)36(40,41)42/h10-11,13,16-18,20,22-23,29-31H,4-9,12,14-15,19,21H2,1-3H3,(H,49,50)/t22-,23-,29-,30+,31+. The molecule has 0 radical (unpaired) electrons. The number of carboxylic acid groups (broad SMARTS) is 1. The second-order valence-corrected chi connectivity index (χ2v) is 13.9. The van der Waals surface area contributed by atoms with Crippen LogP contribution >= 0.6 is 0 Å². The highest BCUT2D eigenvalue weighted by Gasteiger charge is 2.42. The molecule has 2 aliphatic rings. The number of amides is 1. The number of alkyl halides is 6. The molecule has 1 aliphatic heterocycles. The first-order chi connectivity index (χ1) is 24.5. The van der Waals surface area contributed by atoms with Crippen molar-refractivity contribution >= 4 is 18.0 Å². The van der Waals surface area contributed by atoms with Gasteiger partial charge in [0.1, 0.15) is 0 Å². The summed E-state index contributed by atoms with van der Waals surface area (Å²) in [5.74, 6) is -0.444. The predicted octanol–water partition coefficient (Wildman–Crippen LogP) is 8.36. The van der Waals surface area contributed by atoms with Crippen molar-refractivity contribution in [3.8, 4) is 11.1 Å². The van der Waals surface area contributed by atoms with E-state index in [4.69, 9.17) is 9.84 Å². The monoisotopic (exact) mass is 738 g/mol. The molecular formula is C36H44F6N6O4. The number of carbonyl (C=O) groups excluding carboxylic acids is 1. The first-order valence-electron chi connectivity index (χ1n) is 17.6. The Bertz CT molecular complexity index is 1630. The molecule has 284 valence electrons. The van der Waals surface area contributed by atoms with Crippen LogP contribution in [0.15, 0.2) is 43.0 Å². The minimum atomic E-state index is -5.01. The quantitative estimate of drug-likeness (QED) is 0.195. The fourth-order valence-corrected chi connectivity index (χ4v) is 7.50. The number of aromatic nitrogens is 4. The molecular weight excluding hydrogens is 694 g/mol. The Kier molecular flexibility index (Phi) is 12.0. The summed E-state index contributed by atoms with van der Waals surface area (Å²) in [6.07, 6.45) is 0.893. The number of aliphatic carboxylic acids is 1. The third-order valence-corrected chi connectivity index (χ3v) is 10.3. The van der Waals surface area contributed by atoms with E-state index in [1.54, 1.807) is 33.9 Å². The first-order valence-corrected chi connectivity index (χ1v) is 17.6. The van der Waals surface area contributed by atoms with Crippen LogP contribution in [0.3, 0.4) is 0 Å². The van der Waals surface area contributed by atoms with Gasteiger partial charge in [-0.15, -0.1) is 0 Å². The van der Waals surface area contributed by atoms with Gasteiger partial charge in [-0.05, 0) is 87.0 Å². The molecule has 52 heavy (non-hydrogen) atoms. The van der Waals surface area contributed by atoms with Crippen molar-refractivity contribution in [1.29, 1.82) is 0 Å². The molecule has 5 rings (SSSR count). The fourth-order valence-electron chi connectivity index (χ4n) is 7.50. The number of anilines is 1. The van der Waals surface area contributed by atoms with Crippen LogP contribution in [-0.4, -0.2) is 66.5 Å². The molecule has 1 aliphatic carbocycles. The molecule has 2 aromatic heterocycles. The number of aryl methyl sites for hydroxylation is 1. The summed E-state index contributed by atoms with van der Waals surface area (Å²) in [5, 5.41) is 13.3. The molecule has 1 aromatic carbocycles. The van der Waals surface area contributed by atoms with Gasteiger partial charge in [0.05, 0.1) is 23.9 Å². The second-order valence-electron chi connectivity index (χ2n) is 13.9. The van der Waals surface area contributed by atoms with Crippen LogP contribution in [0.1, 0.15) is 88.3 Å². The van der Waals surface area contributed by atoms with Crippen molar-refractivity contribution in [2.45, 2.75) is 109 Å². The minimum Gasteiger partial charge on any atom is -0.481 e. The van der Waals surface area contributed by atoms with Gasteiger partial charge in [-0.1, -0.05) is 13.8 Å². The van der Waals surface area contributed by atoms with Crippen molar-refractivity contribution in [1.82, 2.24) is 24.6 Å². The van der Waals surface area contributed by atoms with Crippen LogP contribution in [0.5, 0.6) is 0 Å². The van der Waals surface area contributed by atoms with Gasteiger partial charge in [0, 0.05) is 67.9 Å². The first kappa shape index (κ1) is 38.9. The van der Waals surface area contributed by atoms with Crippen LogP contribution in [0.25, 0.3) is 11.1 Å². The molecule has 0 bridgehead atoms. The number of benzene rings is 1. The molecule has 3 atom stereocenters. The lowest BCUT2D eigenvalue weighted by atomic mass is 9.81. The van der Waals surface area contributed by atoms with Crippen molar-refractivity contribution in [3.63, 3.8) is 0 Å². The summed E-state index contributed by atoms with van der Waals surface area (Å²) in [6, 6.07) is 0.430. The smallest absolute Gasteiger partial charge is 0.416 e. The molecule has 3 aromatic rings. The van der Waals surface area contributed by atoms with Gasteiger partial charge in [-0.3, -0.25) is 9.48 Å². The highest BCUT2D eigenvalue weighted by Crippen LogP contribution is 2.39. The van der Waals surface area contributed by atoms with Gasteiger partial charge in [0.2, 0.25) is 5.95 Å². The number of likely N-dealkylation sites (tertiary alicyclic amines) is 1. The number of hydrogen-bond acceptors (Lipinski definition) is 7. The van der Waals surface area contributed by atoms with Crippen molar-refractivity contribution < 1.29 is 45.8 Å². The van der Waals surface area contributed by atoms with Crippen LogP contribution in [0, 0.1) is 11.8 Å². The third kappa shape index (κ3) is 9.54. The summed E-state index contributed by atoms with van der Waals surface area (Å²) >= 11 is 0. The minimum absolute atomic E-state index is 0.110. The predicted molar refractivity (Wildman–Crippen MR) is 179 cm³/mol. The van der Waals surface area contributed by atoms with Gasteiger partial charge in [-0.2, -0.15) is 31.4 Å². The normalized spacial score (nSPS) is 22.6. The van der Waals surface area contributed by atoms with Crippen LogP contribution in [-0.2, 0) is 35.5 Å². The van der Waals surface area contributed by atoms with E-state index < -0.39 is 41.6 Å². The third-order valence-electron chi connectivity index (χ3n) is 10.3.